The van der Waals surface area contributed by atoms with E-state index in [9.17, 15) is 22.4 Å². The van der Waals surface area contributed by atoms with Gasteiger partial charge in [0.2, 0.25) is 0 Å². The molecule has 1 heterocycles. The molecule has 0 unspecified atom stereocenters. The van der Waals surface area contributed by atoms with Crippen molar-refractivity contribution >= 4 is 17.6 Å². The Morgan fingerprint density at radius 1 is 1.05 bits per heavy atom. The zero-order valence-electron chi connectivity index (χ0n) is 21.0. The number of rotatable bonds is 7. The number of benzene rings is 2. The maximum atomic E-state index is 14.7. The molecule has 1 fully saturated rings. The number of hydrogen-bond acceptors (Lipinski definition) is 3. The van der Waals surface area contributed by atoms with Crippen LogP contribution in [0, 0.1) is 5.82 Å². The number of halogens is 5. The smallest absolute Gasteiger partial charge is 0.334 e. The second-order valence-electron chi connectivity index (χ2n) is 9.82. The summed E-state index contributed by atoms with van der Waals surface area (Å²) in [5, 5.41) is 6.22. The van der Waals surface area contributed by atoms with E-state index in [1.807, 2.05) is 19.0 Å². The van der Waals surface area contributed by atoms with Crippen molar-refractivity contribution in [3.63, 3.8) is 0 Å². The van der Waals surface area contributed by atoms with Gasteiger partial charge in [-0.2, -0.15) is 13.2 Å². The van der Waals surface area contributed by atoms with E-state index in [1.54, 1.807) is 30.3 Å². The molecule has 202 valence electrons. The van der Waals surface area contributed by atoms with Crippen molar-refractivity contribution in [1.29, 1.82) is 0 Å². The summed E-state index contributed by atoms with van der Waals surface area (Å²) in [5.41, 5.74) is -1.98. The van der Waals surface area contributed by atoms with Gasteiger partial charge in [-0.1, -0.05) is 41.9 Å². The fourth-order valence-electron chi connectivity index (χ4n) is 5.18. The van der Waals surface area contributed by atoms with Crippen molar-refractivity contribution in [3.05, 3.63) is 100 Å². The van der Waals surface area contributed by atoms with Crippen LogP contribution in [-0.4, -0.2) is 42.1 Å². The lowest BCUT2D eigenvalue weighted by Crippen LogP contribution is -2.56. The van der Waals surface area contributed by atoms with Crippen LogP contribution in [0.4, 0.5) is 22.4 Å². The number of amides is 2. The fraction of sp³-hybridized carbons (Fsp3) is 0.357. The SMILES string of the molecule is CN(C)[C@@H]1CCC[C@H]1NC(=O)N[C@@](Cc1ccccc1)(c1cc(F)cc(C(F)(F)F)c1)c1ccc(Cl)cn1. The molecule has 38 heavy (non-hydrogen) atoms. The summed E-state index contributed by atoms with van der Waals surface area (Å²) in [5.74, 6) is -1.08. The standard InChI is InChI=1S/C28H29ClF4N4O/c1-37(2)24-10-6-9-23(24)35-26(38)36-27(16-18-7-4-3-5-8-18,25-12-11-21(29)17-34-25)19-13-20(28(31,32)33)15-22(30)14-19/h3-5,7-8,11-15,17,23-24H,6,9-10,16H2,1-2H3,(H2,35,36,38)/t23-,24-,27+/m1/s1. The Morgan fingerprint density at radius 2 is 1.76 bits per heavy atom. The highest BCUT2D eigenvalue weighted by atomic mass is 35.5. The number of carbonyl (C=O) groups is 1. The molecular formula is C28H29ClF4N4O. The van der Waals surface area contributed by atoms with Gasteiger partial charge in [0.25, 0.3) is 0 Å². The lowest BCUT2D eigenvalue weighted by Gasteiger charge is -2.37. The lowest BCUT2D eigenvalue weighted by atomic mass is 9.79. The predicted octanol–water partition coefficient (Wildman–Crippen LogP) is 6.16. The van der Waals surface area contributed by atoms with Gasteiger partial charge in [0.05, 0.1) is 16.3 Å². The molecule has 0 spiro atoms. The number of pyridine rings is 1. The van der Waals surface area contributed by atoms with Crippen molar-refractivity contribution in [2.45, 2.75) is 49.5 Å². The minimum atomic E-state index is -4.80. The Hall–Kier alpha value is -3.17. The molecule has 3 atom stereocenters. The second kappa shape index (κ2) is 11.3. The minimum Gasteiger partial charge on any atom is -0.334 e. The number of likely N-dealkylation sites (N-methyl/N-ethyl adjacent to an activating group) is 1. The maximum Gasteiger partial charge on any atom is 0.416 e. The van der Waals surface area contributed by atoms with Crippen LogP contribution in [0.2, 0.25) is 5.02 Å². The monoisotopic (exact) mass is 548 g/mol. The molecule has 10 heteroatoms. The maximum absolute atomic E-state index is 14.7. The lowest BCUT2D eigenvalue weighted by molar-refractivity contribution is -0.137. The molecule has 4 rings (SSSR count). The molecule has 5 nitrogen and oxygen atoms in total. The number of alkyl halides is 3. The number of carbonyl (C=O) groups excluding carboxylic acids is 1. The molecule has 2 aromatic carbocycles. The van der Waals surface area contributed by atoms with Crippen molar-refractivity contribution in [2.75, 3.05) is 14.1 Å². The molecule has 1 aliphatic carbocycles. The van der Waals surface area contributed by atoms with E-state index in [1.165, 1.54) is 18.3 Å². The normalized spacial score (nSPS) is 19.3. The first kappa shape index (κ1) is 27.9. The van der Waals surface area contributed by atoms with Gasteiger partial charge >= 0.3 is 12.2 Å². The third-order valence-corrected chi connectivity index (χ3v) is 7.20. The zero-order valence-corrected chi connectivity index (χ0v) is 21.8. The van der Waals surface area contributed by atoms with E-state index >= 15 is 0 Å². The average Bonchev–Trinajstić information content (AvgIpc) is 3.32. The van der Waals surface area contributed by atoms with Crippen LogP contribution in [0.1, 0.15) is 41.6 Å². The van der Waals surface area contributed by atoms with Crippen LogP contribution in [0.3, 0.4) is 0 Å². The zero-order chi connectivity index (χ0) is 27.5. The van der Waals surface area contributed by atoms with Gasteiger partial charge in [0.1, 0.15) is 11.4 Å². The summed E-state index contributed by atoms with van der Waals surface area (Å²) in [6, 6.07) is 13.7. The Labute approximate surface area is 224 Å². The largest absolute Gasteiger partial charge is 0.416 e. The highest BCUT2D eigenvalue weighted by molar-refractivity contribution is 6.30. The molecule has 1 saturated carbocycles. The van der Waals surface area contributed by atoms with Gasteiger partial charge in [0, 0.05) is 24.7 Å². The third kappa shape index (κ3) is 6.27. The molecule has 0 saturated heterocycles. The van der Waals surface area contributed by atoms with Gasteiger partial charge in [-0.05, 0) is 74.8 Å². The van der Waals surface area contributed by atoms with Gasteiger partial charge in [-0.25, -0.2) is 9.18 Å². The molecule has 0 bridgehead atoms. The number of urea groups is 1. The Bertz CT molecular complexity index is 1250. The minimum absolute atomic E-state index is 0.0123. The van der Waals surface area contributed by atoms with E-state index in [0.29, 0.717) is 16.7 Å². The van der Waals surface area contributed by atoms with Crippen LogP contribution in [0.15, 0.2) is 66.9 Å². The van der Waals surface area contributed by atoms with Crippen LogP contribution in [0.5, 0.6) is 0 Å². The van der Waals surface area contributed by atoms with E-state index in [0.717, 1.165) is 31.4 Å². The molecule has 3 aromatic rings. The van der Waals surface area contributed by atoms with E-state index in [4.69, 9.17) is 11.6 Å². The highest BCUT2D eigenvalue weighted by Gasteiger charge is 2.42. The predicted molar refractivity (Wildman–Crippen MR) is 138 cm³/mol. The molecular weight excluding hydrogens is 520 g/mol. The topological polar surface area (TPSA) is 57.3 Å². The first-order valence-corrected chi connectivity index (χ1v) is 12.6. The molecule has 0 aliphatic heterocycles. The van der Waals surface area contributed by atoms with Gasteiger partial charge < -0.3 is 15.5 Å². The van der Waals surface area contributed by atoms with Crippen LogP contribution in [0.25, 0.3) is 0 Å². The summed E-state index contributed by atoms with van der Waals surface area (Å²) in [6.07, 6.45) is -0.837. The summed E-state index contributed by atoms with van der Waals surface area (Å²) < 4.78 is 56.0. The summed E-state index contributed by atoms with van der Waals surface area (Å²) in [7, 11) is 3.87. The molecule has 0 radical (unpaired) electrons. The van der Waals surface area contributed by atoms with Crippen molar-refractivity contribution in [3.8, 4) is 0 Å². The number of nitrogens with zero attached hydrogens (tertiary/aromatic N) is 2. The van der Waals surface area contributed by atoms with Crippen molar-refractivity contribution < 1.29 is 22.4 Å². The van der Waals surface area contributed by atoms with Crippen LogP contribution in [-0.2, 0) is 18.1 Å². The summed E-state index contributed by atoms with van der Waals surface area (Å²) >= 11 is 6.07. The van der Waals surface area contributed by atoms with E-state index in [2.05, 4.69) is 15.6 Å². The van der Waals surface area contributed by atoms with Crippen molar-refractivity contribution in [2.24, 2.45) is 0 Å². The Kier molecular flexibility index (Phi) is 8.28. The number of aromatic nitrogens is 1. The second-order valence-corrected chi connectivity index (χ2v) is 10.3. The molecule has 1 aromatic heterocycles. The van der Waals surface area contributed by atoms with E-state index in [-0.39, 0.29) is 29.8 Å². The summed E-state index contributed by atoms with van der Waals surface area (Å²) in [4.78, 5) is 20.0. The first-order chi connectivity index (χ1) is 18.0. The first-order valence-electron chi connectivity index (χ1n) is 12.3. The molecule has 1 aliphatic rings. The Morgan fingerprint density at radius 3 is 2.39 bits per heavy atom. The quantitative estimate of drug-likeness (QED) is 0.348. The van der Waals surface area contributed by atoms with Gasteiger partial charge in [-0.3, -0.25) is 4.98 Å². The van der Waals surface area contributed by atoms with Crippen molar-refractivity contribution in [1.82, 2.24) is 20.5 Å². The van der Waals surface area contributed by atoms with Crippen LogP contribution >= 0.6 is 11.6 Å². The van der Waals surface area contributed by atoms with Gasteiger partial charge in [-0.15, -0.1) is 0 Å². The van der Waals surface area contributed by atoms with E-state index < -0.39 is 29.1 Å². The van der Waals surface area contributed by atoms with Crippen LogP contribution < -0.4 is 10.6 Å². The molecule has 2 N–H and O–H groups in total. The summed E-state index contributed by atoms with van der Waals surface area (Å²) in [6.45, 7) is 0. The third-order valence-electron chi connectivity index (χ3n) is 6.98. The average molecular weight is 549 g/mol. The Balaban J connectivity index is 1.86. The van der Waals surface area contributed by atoms with Gasteiger partial charge in [0.15, 0.2) is 0 Å². The number of nitrogens with one attached hydrogen (secondary N) is 2. The fourth-order valence-corrected chi connectivity index (χ4v) is 5.29. The highest BCUT2D eigenvalue weighted by Crippen LogP contribution is 2.38. The molecule has 2 amide bonds. The number of hydrogen-bond donors (Lipinski definition) is 2.